The third-order valence-electron chi connectivity index (χ3n) is 7.73. The lowest BCUT2D eigenvalue weighted by atomic mass is 9.82. The molecule has 2 aromatic heterocycles. The molecule has 0 amide bonds. The molecule has 2 aromatic carbocycles. The van der Waals surface area contributed by atoms with E-state index in [9.17, 15) is 30.0 Å². The van der Waals surface area contributed by atoms with Gasteiger partial charge in [-0.05, 0) is 56.0 Å². The van der Waals surface area contributed by atoms with Gasteiger partial charge in [0.05, 0.1) is 17.7 Å². The fourth-order valence-corrected chi connectivity index (χ4v) is 5.29. The molecule has 0 saturated carbocycles. The SMILES string of the molecule is CC=C(CO)C(=O)OC1Cc2c(c(-c3cccc(O)c3)c3oc(CO)cc(=O)c3c2O)OC1(C)CCc1ccc(N)nc1. The zero-order valence-electron chi connectivity index (χ0n) is 23.7. The largest absolute Gasteiger partial charge is 0.508 e. The van der Waals surface area contributed by atoms with E-state index < -0.39 is 42.1 Å². The summed E-state index contributed by atoms with van der Waals surface area (Å²) in [6.45, 7) is 2.28. The Hall–Kier alpha value is -4.87. The molecule has 1 aliphatic heterocycles. The first-order valence-corrected chi connectivity index (χ1v) is 13.7. The van der Waals surface area contributed by atoms with Crippen molar-refractivity contribution in [3.8, 4) is 28.4 Å². The Morgan fingerprint density at radius 2 is 2.00 bits per heavy atom. The number of aromatic nitrogens is 1. The van der Waals surface area contributed by atoms with Crippen LogP contribution in [0.25, 0.3) is 22.1 Å². The van der Waals surface area contributed by atoms with Crippen LogP contribution in [0.5, 0.6) is 17.2 Å². The highest BCUT2D eigenvalue weighted by Gasteiger charge is 2.46. The van der Waals surface area contributed by atoms with Crippen LogP contribution in [0.3, 0.4) is 0 Å². The molecule has 224 valence electrons. The molecule has 4 aromatic rings. The first-order valence-electron chi connectivity index (χ1n) is 13.7. The molecule has 3 heterocycles. The van der Waals surface area contributed by atoms with Gasteiger partial charge in [0.1, 0.15) is 52.5 Å². The molecule has 0 aliphatic carbocycles. The average Bonchev–Trinajstić information content (AvgIpc) is 2.98. The maximum absolute atomic E-state index is 13.2. The number of phenolic OH excluding ortho intramolecular Hbond substituents is 2. The third-order valence-corrected chi connectivity index (χ3v) is 7.73. The summed E-state index contributed by atoms with van der Waals surface area (Å²) in [6.07, 6.45) is 2.86. The van der Waals surface area contributed by atoms with E-state index in [4.69, 9.17) is 19.6 Å². The number of aliphatic hydroxyl groups excluding tert-OH is 2. The number of fused-ring (bicyclic) bond motifs is 2. The fraction of sp³-hybridized carbons (Fsp3) is 0.281. The molecular formula is C32H32N2O9. The van der Waals surface area contributed by atoms with E-state index in [2.05, 4.69) is 4.98 Å². The molecule has 1 aliphatic rings. The molecule has 11 heteroatoms. The number of pyridine rings is 1. The molecule has 43 heavy (non-hydrogen) atoms. The van der Waals surface area contributed by atoms with Crippen molar-refractivity contribution in [1.29, 1.82) is 0 Å². The van der Waals surface area contributed by atoms with E-state index in [1.165, 1.54) is 18.2 Å². The Kier molecular flexibility index (Phi) is 8.12. The molecule has 0 spiro atoms. The molecule has 11 nitrogen and oxygen atoms in total. The summed E-state index contributed by atoms with van der Waals surface area (Å²) in [4.78, 5) is 30.4. The number of carbonyl (C=O) groups excluding carboxylic acids is 1. The van der Waals surface area contributed by atoms with Gasteiger partial charge < -0.3 is 40.1 Å². The van der Waals surface area contributed by atoms with Crippen molar-refractivity contribution in [2.45, 2.75) is 51.4 Å². The van der Waals surface area contributed by atoms with Gasteiger partial charge in [-0.2, -0.15) is 0 Å². The Labute approximate surface area is 246 Å². The van der Waals surface area contributed by atoms with Crippen molar-refractivity contribution in [3.05, 3.63) is 87.4 Å². The second-order valence-electron chi connectivity index (χ2n) is 10.6. The molecule has 0 saturated heterocycles. The number of hydrogen-bond acceptors (Lipinski definition) is 11. The van der Waals surface area contributed by atoms with Crippen LogP contribution in [0.1, 0.15) is 37.2 Å². The Morgan fingerprint density at radius 3 is 2.65 bits per heavy atom. The molecule has 2 atom stereocenters. The van der Waals surface area contributed by atoms with E-state index in [1.54, 1.807) is 38.2 Å². The minimum Gasteiger partial charge on any atom is -0.508 e. The summed E-state index contributed by atoms with van der Waals surface area (Å²) in [5, 5.41) is 41.1. The average molecular weight is 589 g/mol. The molecule has 0 radical (unpaired) electrons. The summed E-state index contributed by atoms with van der Waals surface area (Å²) < 4.78 is 18.5. The van der Waals surface area contributed by atoms with E-state index in [1.807, 2.05) is 6.07 Å². The smallest absolute Gasteiger partial charge is 0.336 e. The number of esters is 1. The number of aliphatic hydroxyl groups is 2. The van der Waals surface area contributed by atoms with Gasteiger partial charge in [0, 0.05) is 24.2 Å². The summed E-state index contributed by atoms with van der Waals surface area (Å²) >= 11 is 0. The van der Waals surface area contributed by atoms with Crippen molar-refractivity contribution in [3.63, 3.8) is 0 Å². The van der Waals surface area contributed by atoms with Crippen LogP contribution in [0, 0.1) is 0 Å². The van der Waals surface area contributed by atoms with Gasteiger partial charge in [0.25, 0.3) is 0 Å². The first-order chi connectivity index (χ1) is 20.6. The number of hydrogen-bond donors (Lipinski definition) is 5. The number of aryl methyl sites for hydroxylation is 1. The van der Waals surface area contributed by atoms with Gasteiger partial charge in [0.15, 0.2) is 11.0 Å². The Morgan fingerprint density at radius 1 is 1.21 bits per heavy atom. The number of nitrogens with zero attached hydrogens (tertiary/aromatic N) is 1. The van der Waals surface area contributed by atoms with Crippen molar-refractivity contribution in [2.24, 2.45) is 0 Å². The number of nitrogens with two attached hydrogens (primary N) is 1. The summed E-state index contributed by atoms with van der Waals surface area (Å²) in [5.41, 5.74) is 5.73. The lowest BCUT2D eigenvalue weighted by Gasteiger charge is -2.43. The third kappa shape index (κ3) is 5.64. The van der Waals surface area contributed by atoms with Gasteiger partial charge in [-0.3, -0.25) is 4.79 Å². The number of carbonyl (C=O) groups is 1. The number of phenols is 2. The second kappa shape index (κ2) is 11.8. The zero-order valence-corrected chi connectivity index (χ0v) is 23.7. The van der Waals surface area contributed by atoms with E-state index >= 15 is 0 Å². The van der Waals surface area contributed by atoms with Crippen molar-refractivity contribution in [1.82, 2.24) is 4.98 Å². The van der Waals surface area contributed by atoms with E-state index in [0.717, 1.165) is 11.6 Å². The van der Waals surface area contributed by atoms with Crippen LogP contribution < -0.4 is 15.9 Å². The normalized spacial score (nSPS) is 18.2. The monoisotopic (exact) mass is 588 g/mol. The highest BCUT2D eigenvalue weighted by atomic mass is 16.6. The van der Waals surface area contributed by atoms with Crippen molar-refractivity contribution in [2.75, 3.05) is 12.3 Å². The summed E-state index contributed by atoms with van der Waals surface area (Å²) in [7, 11) is 0. The van der Waals surface area contributed by atoms with Crippen molar-refractivity contribution < 1.29 is 39.1 Å². The lowest BCUT2D eigenvalue weighted by molar-refractivity contribution is -0.159. The quantitative estimate of drug-likeness (QED) is 0.150. The predicted octanol–water partition coefficient (Wildman–Crippen LogP) is 3.52. The minimum atomic E-state index is -1.20. The van der Waals surface area contributed by atoms with Crippen LogP contribution >= 0.6 is 0 Å². The number of anilines is 1. The maximum Gasteiger partial charge on any atom is 0.336 e. The Balaban J connectivity index is 1.72. The Bertz CT molecular complexity index is 1780. The standard InChI is InChI=1S/C32H32N2O9/c1-3-18(15-35)31(40)42-24-13-22-28(39)27-23(38)12-21(16-36)41-30(27)26(19-5-4-6-20(37)11-19)29(22)43-32(24,2)10-9-17-7-8-25(33)34-14-17/h3-8,11-12,14,24,35-37,39H,9-10,13,15-16H2,1-2H3,(H2,33,34). The fourth-order valence-electron chi connectivity index (χ4n) is 5.29. The summed E-state index contributed by atoms with van der Waals surface area (Å²) in [5.74, 6) is -0.698. The van der Waals surface area contributed by atoms with Crippen LogP contribution in [0.15, 0.2) is 69.5 Å². The van der Waals surface area contributed by atoms with Gasteiger partial charge in [-0.25, -0.2) is 9.78 Å². The number of benzene rings is 2. The van der Waals surface area contributed by atoms with Gasteiger partial charge >= 0.3 is 5.97 Å². The van der Waals surface area contributed by atoms with Crippen LogP contribution in [0.4, 0.5) is 5.82 Å². The van der Waals surface area contributed by atoms with Crippen LogP contribution in [0.2, 0.25) is 0 Å². The number of aromatic hydroxyl groups is 2. The second-order valence-corrected chi connectivity index (χ2v) is 10.6. The van der Waals surface area contributed by atoms with Gasteiger partial charge in [0.2, 0.25) is 0 Å². The van der Waals surface area contributed by atoms with E-state index in [-0.39, 0.29) is 51.3 Å². The van der Waals surface area contributed by atoms with Gasteiger partial charge in [-0.15, -0.1) is 0 Å². The topological polar surface area (TPSA) is 186 Å². The highest BCUT2D eigenvalue weighted by Crippen LogP contribution is 2.51. The molecule has 0 bridgehead atoms. The van der Waals surface area contributed by atoms with Crippen LogP contribution in [-0.4, -0.2) is 49.7 Å². The zero-order chi connectivity index (χ0) is 30.9. The number of nitrogen functional groups attached to an aromatic ring is 1. The molecular weight excluding hydrogens is 556 g/mol. The first kappa shape index (κ1) is 29.6. The molecule has 0 fully saturated rings. The van der Waals surface area contributed by atoms with E-state index in [0.29, 0.717) is 24.2 Å². The predicted molar refractivity (Wildman–Crippen MR) is 158 cm³/mol. The number of rotatable bonds is 8. The molecule has 2 unspecified atom stereocenters. The van der Waals surface area contributed by atoms with Gasteiger partial charge in [-0.1, -0.05) is 24.3 Å². The highest BCUT2D eigenvalue weighted by molar-refractivity contribution is 6.01. The molecule has 5 rings (SSSR count). The minimum absolute atomic E-state index is 0.0256. The molecule has 6 N–H and O–H groups in total. The lowest BCUT2D eigenvalue weighted by Crippen LogP contribution is -2.51. The number of allylic oxidation sites excluding steroid dienone is 1. The van der Waals surface area contributed by atoms with Crippen molar-refractivity contribution >= 4 is 22.8 Å². The maximum atomic E-state index is 13.2. The van der Waals surface area contributed by atoms with Crippen LogP contribution in [-0.2, 0) is 29.0 Å². The number of ether oxygens (including phenoxy) is 2. The summed E-state index contributed by atoms with van der Waals surface area (Å²) in [6, 6.07) is 10.8.